The number of aromatic nitrogens is 1. The SMILES string of the molecule is NC(=O)CCNC(=O)C(Cc1ccccc1)NC(=O)Nc1cccnc1N1CCCC1. The Morgan fingerprint density at radius 1 is 1.06 bits per heavy atom. The number of amides is 4. The first kappa shape index (κ1) is 22.1. The van der Waals surface area contributed by atoms with Crippen LogP contribution in [0.3, 0.4) is 0 Å². The summed E-state index contributed by atoms with van der Waals surface area (Å²) < 4.78 is 0. The molecular formula is C22H28N6O3. The summed E-state index contributed by atoms with van der Waals surface area (Å²) in [6, 6.07) is 11.6. The number of benzene rings is 1. The van der Waals surface area contributed by atoms with Crippen LogP contribution in [0.15, 0.2) is 48.7 Å². The van der Waals surface area contributed by atoms with Crippen LogP contribution in [0.1, 0.15) is 24.8 Å². The van der Waals surface area contributed by atoms with Gasteiger partial charge in [0.25, 0.3) is 0 Å². The lowest BCUT2D eigenvalue weighted by Crippen LogP contribution is -2.49. The van der Waals surface area contributed by atoms with Gasteiger partial charge in [-0.25, -0.2) is 9.78 Å². The third-order valence-corrected chi connectivity index (χ3v) is 5.02. The lowest BCUT2D eigenvalue weighted by molar-refractivity contribution is -0.123. The Hall–Kier alpha value is -3.62. The smallest absolute Gasteiger partial charge is 0.320 e. The van der Waals surface area contributed by atoms with E-state index in [-0.39, 0.29) is 18.9 Å². The maximum Gasteiger partial charge on any atom is 0.320 e. The van der Waals surface area contributed by atoms with E-state index in [0.29, 0.717) is 12.1 Å². The van der Waals surface area contributed by atoms with Crippen LogP contribution in [0.5, 0.6) is 0 Å². The van der Waals surface area contributed by atoms with E-state index < -0.39 is 18.0 Å². The second-order valence-corrected chi connectivity index (χ2v) is 7.42. The molecule has 9 nitrogen and oxygen atoms in total. The molecular weight excluding hydrogens is 396 g/mol. The number of nitrogens with one attached hydrogen (secondary N) is 3. The van der Waals surface area contributed by atoms with E-state index in [1.807, 2.05) is 30.3 Å². The Kier molecular flexibility index (Phi) is 7.80. The van der Waals surface area contributed by atoms with Gasteiger partial charge in [-0.1, -0.05) is 30.3 Å². The summed E-state index contributed by atoms with van der Waals surface area (Å²) in [4.78, 5) is 42.9. The molecule has 2 aromatic rings. The molecule has 1 aliphatic rings. The number of nitrogens with two attached hydrogens (primary N) is 1. The van der Waals surface area contributed by atoms with Gasteiger partial charge in [0.2, 0.25) is 11.8 Å². The molecule has 0 radical (unpaired) electrons. The quantitative estimate of drug-likeness (QED) is 0.484. The van der Waals surface area contributed by atoms with Crippen molar-refractivity contribution in [2.75, 3.05) is 29.9 Å². The van der Waals surface area contributed by atoms with Gasteiger partial charge in [0.05, 0.1) is 5.69 Å². The average molecular weight is 425 g/mol. The zero-order valence-corrected chi connectivity index (χ0v) is 17.3. The summed E-state index contributed by atoms with van der Waals surface area (Å²) in [7, 11) is 0. The summed E-state index contributed by atoms with van der Waals surface area (Å²) in [5.41, 5.74) is 6.62. The molecule has 1 aromatic heterocycles. The molecule has 0 aliphatic carbocycles. The lowest BCUT2D eigenvalue weighted by Gasteiger charge is -2.22. The number of pyridine rings is 1. The topological polar surface area (TPSA) is 129 Å². The zero-order chi connectivity index (χ0) is 22.1. The number of urea groups is 1. The summed E-state index contributed by atoms with van der Waals surface area (Å²) in [6.07, 6.45) is 4.22. The summed E-state index contributed by atoms with van der Waals surface area (Å²) in [6.45, 7) is 1.91. The summed E-state index contributed by atoms with van der Waals surface area (Å²) >= 11 is 0. The van der Waals surface area contributed by atoms with E-state index in [1.54, 1.807) is 18.3 Å². The third kappa shape index (κ3) is 6.70. The molecule has 1 saturated heterocycles. The fourth-order valence-corrected chi connectivity index (χ4v) is 3.48. The minimum absolute atomic E-state index is 0.0326. The fourth-order valence-electron chi connectivity index (χ4n) is 3.48. The Morgan fingerprint density at radius 2 is 1.81 bits per heavy atom. The molecule has 1 atom stereocenters. The van der Waals surface area contributed by atoms with Crippen molar-refractivity contribution in [1.29, 1.82) is 0 Å². The van der Waals surface area contributed by atoms with Crippen molar-refractivity contribution in [3.63, 3.8) is 0 Å². The summed E-state index contributed by atoms with van der Waals surface area (Å²) in [5, 5.41) is 8.23. The molecule has 4 amide bonds. The Morgan fingerprint density at radius 3 is 2.52 bits per heavy atom. The van der Waals surface area contributed by atoms with E-state index in [0.717, 1.165) is 37.3 Å². The maximum atomic E-state index is 12.7. The van der Waals surface area contributed by atoms with Crippen LogP contribution in [0, 0.1) is 0 Å². The number of carbonyl (C=O) groups is 3. The van der Waals surface area contributed by atoms with Crippen LogP contribution in [-0.2, 0) is 16.0 Å². The monoisotopic (exact) mass is 424 g/mol. The van der Waals surface area contributed by atoms with Gasteiger partial charge in [0, 0.05) is 38.7 Å². The van der Waals surface area contributed by atoms with Gasteiger partial charge in [-0.2, -0.15) is 0 Å². The fraction of sp³-hybridized carbons (Fsp3) is 0.364. The van der Waals surface area contributed by atoms with Crippen LogP contribution in [0.4, 0.5) is 16.3 Å². The highest BCUT2D eigenvalue weighted by Gasteiger charge is 2.23. The van der Waals surface area contributed by atoms with Gasteiger partial charge in [0.15, 0.2) is 5.82 Å². The molecule has 2 heterocycles. The molecule has 9 heteroatoms. The van der Waals surface area contributed by atoms with Crippen LogP contribution < -0.4 is 26.6 Å². The standard InChI is InChI=1S/C22H28N6O3/c23-19(29)10-12-25-21(30)18(15-16-7-2-1-3-8-16)27-22(31)26-17-9-6-11-24-20(17)28-13-4-5-14-28/h1-3,6-9,11,18H,4-5,10,12-15H2,(H2,23,29)(H,25,30)(H2,26,27,31). The predicted octanol–water partition coefficient (Wildman–Crippen LogP) is 1.41. The normalized spacial score (nSPS) is 14.0. The highest BCUT2D eigenvalue weighted by molar-refractivity contribution is 5.96. The van der Waals surface area contributed by atoms with Gasteiger partial charge in [-0.15, -0.1) is 0 Å². The van der Waals surface area contributed by atoms with E-state index in [1.165, 1.54) is 0 Å². The van der Waals surface area contributed by atoms with Crippen molar-refractivity contribution in [3.8, 4) is 0 Å². The lowest BCUT2D eigenvalue weighted by atomic mass is 10.1. The highest BCUT2D eigenvalue weighted by Crippen LogP contribution is 2.25. The van der Waals surface area contributed by atoms with Gasteiger partial charge in [-0.05, 0) is 30.5 Å². The number of hydrogen-bond donors (Lipinski definition) is 4. The van der Waals surface area contributed by atoms with Gasteiger partial charge in [0.1, 0.15) is 6.04 Å². The summed E-state index contributed by atoms with van der Waals surface area (Å²) in [5.74, 6) is -0.163. The Bertz CT molecular complexity index is 899. The van der Waals surface area contributed by atoms with E-state index >= 15 is 0 Å². The third-order valence-electron chi connectivity index (χ3n) is 5.02. The second kappa shape index (κ2) is 11.0. The number of rotatable bonds is 9. The minimum atomic E-state index is -0.817. The first-order valence-electron chi connectivity index (χ1n) is 10.4. The van der Waals surface area contributed by atoms with Crippen molar-refractivity contribution in [1.82, 2.24) is 15.6 Å². The first-order valence-corrected chi connectivity index (χ1v) is 10.4. The number of nitrogens with zero attached hydrogens (tertiary/aromatic N) is 2. The van der Waals surface area contributed by atoms with Crippen molar-refractivity contribution in [2.45, 2.75) is 31.7 Å². The molecule has 0 bridgehead atoms. The van der Waals surface area contributed by atoms with Crippen molar-refractivity contribution < 1.29 is 14.4 Å². The van der Waals surface area contributed by atoms with Crippen molar-refractivity contribution >= 4 is 29.4 Å². The van der Waals surface area contributed by atoms with E-state index in [4.69, 9.17) is 5.73 Å². The molecule has 1 aliphatic heterocycles. The van der Waals surface area contributed by atoms with Gasteiger partial charge >= 0.3 is 6.03 Å². The predicted molar refractivity (Wildman–Crippen MR) is 119 cm³/mol. The minimum Gasteiger partial charge on any atom is -0.370 e. The van der Waals surface area contributed by atoms with Crippen LogP contribution in [-0.4, -0.2) is 48.5 Å². The van der Waals surface area contributed by atoms with Crippen molar-refractivity contribution in [3.05, 3.63) is 54.2 Å². The largest absolute Gasteiger partial charge is 0.370 e. The van der Waals surface area contributed by atoms with E-state index in [2.05, 4.69) is 25.8 Å². The van der Waals surface area contributed by atoms with Gasteiger partial charge < -0.3 is 26.6 Å². The average Bonchev–Trinajstić information content (AvgIpc) is 3.29. The molecule has 1 aromatic carbocycles. The Balaban J connectivity index is 1.67. The number of primary amides is 1. The molecule has 0 spiro atoms. The molecule has 1 fully saturated rings. The van der Waals surface area contributed by atoms with Crippen LogP contribution >= 0.6 is 0 Å². The number of carbonyl (C=O) groups excluding carboxylic acids is 3. The second-order valence-electron chi connectivity index (χ2n) is 7.42. The zero-order valence-electron chi connectivity index (χ0n) is 17.3. The Labute approximate surface area is 181 Å². The molecule has 1 unspecified atom stereocenters. The number of anilines is 2. The molecule has 3 rings (SSSR count). The molecule has 31 heavy (non-hydrogen) atoms. The molecule has 5 N–H and O–H groups in total. The van der Waals surface area contributed by atoms with Crippen LogP contribution in [0.2, 0.25) is 0 Å². The van der Waals surface area contributed by atoms with E-state index in [9.17, 15) is 14.4 Å². The number of hydrogen-bond acceptors (Lipinski definition) is 5. The van der Waals surface area contributed by atoms with Crippen LogP contribution in [0.25, 0.3) is 0 Å². The maximum absolute atomic E-state index is 12.7. The molecule has 0 saturated carbocycles. The first-order chi connectivity index (χ1) is 15.0. The van der Waals surface area contributed by atoms with Crippen molar-refractivity contribution in [2.24, 2.45) is 5.73 Å². The van der Waals surface area contributed by atoms with Gasteiger partial charge in [-0.3, -0.25) is 9.59 Å². The molecule has 164 valence electrons. The highest BCUT2D eigenvalue weighted by atomic mass is 16.2.